The van der Waals surface area contributed by atoms with Crippen molar-refractivity contribution in [2.45, 2.75) is 148 Å². The lowest BCUT2D eigenvalue weighted by Gasteiger charge is -2.22. The van der Waals surface area contributed by atoms with Crippen LogP contribution < -0.4 is 0 Å². The van der Waals surface area contributed by atoms with Crippen LogP contribution in [-0.2, 0) is 0 Å². The zero-order valence-electron chi connectivity index (χ0n) is 31.6. The molecule has 5 rings (SSSR count). The molecule has 250 valence electrons. The minimum Gasteiger partial charge on any atom is -0.0625 e. The third kappa shape index (κ3) is 16.1. The lowest BCUT2D eigenvalue weighted by atomic mass is 9.84. The maximum absolute atomic E-state index is 2.37. The average molecular weight is 604 g/mol. The quantitative estimate of drug-likeness (QED) is 0.240. The van der Waals surface area contributed by atoms with E-state index >= 15 is 0 Å². The Morgan fingerprint density at radius 1 is 0.364 bits per heavy atom. The fourth-order valence-corrected chi connectivity index (χ4v) is 5.83. The first kappa shape index (κ1) is 39.7. The van der Waals surface area contributed by atoms with E-state index in [2.05, 4.69) is 145 Å². The number of hydrogen-bond donors (Lipinski definition) is 0. The highest BCUT2D eigenvalue weighted by Gasteiger charge is 2.13. The summed E-state index contributed by atoms with van der Waals surface area (Å²) in [6.45, 7) is 31.0. The topological polar surface area (TPSA) is 0 Å². The van der Waals surface area contributed by atoms with Crippen LogP contribution in [0.2, 0.25) is 0 Å². The van der Waals surface area contributed by atoms with E-state index in [0.29, 0.717) is 0 Å². The molecule has 0 aliphatic heterocycles. The largest absolute Gasteiger partial charge is 0.0625 e. The van der Waals surface area contributed by atoms with Gasteiger partial charge in [-0.2, -0.15) is 0 Å². The number of rotatable bonds is 0. The molecule has 0 aromatic heterocycles. The van der Waals surface area contributed by atoms with Crippen molar-refractivity contribution in [2.75, 3.05) is 0 Å². The maximum Gasteiger partial charge on any atom is 0 e. The summed E-state index contributed by atoms with van der Waals surface area (Å²) >= 11 is 0. The summed E-state index contributed by atoms with van der Waals surface area (Å²) in [5.74, 6) is 4.08. The van der Waals surface area contributed by atoms with E-state index in [1.54, 1.807) is 0 Å². The molecule has 0 nitrogen and oxygen atoms in total. The predicted octanol–water partition coefficient (Wildman–Crippen LogP) is 14.3. The molecule has 0 spiro atoms. The average Bonchev–Trinajstić information content (AvgIpc) is 2.98. The van der Waals surface area contributed by atoms with E-state index in [0.717, 1.165) is 23.7 Å². The van der Waals surface area contributed by atoms with Crippen LogP contribution in [0.3, 0.4) is 0 Å². The summed E-state index contributed by atoms with van der Waals surface area (Å²) in [5, 5.41) is 0. The van der Waals surface area contributed by atoms with Gasteiger partial charge in [-0.15, -0.1) is 0 Å². The van der Waals surface area contributed by atoms with Gasteiger partial charge in [-0.1, -0.05) is 144 Å². The molecule has 0 bridgehead atoms. The van der Waals surface area contributed by atoms with E-state index in [-0.39, 0.29) is 2.85 Å². The van der Waals surface area contributed by atoms with Crippen molar-refractivity contribution in [1.29, 1.82) is 0 Å². The third-order valence-corrected chi connectivity index (χ3v) is 10.2. The minimum atomic E-state index is 0. The maximum atomic E-state index is 2.37. The van der Waals surface area contributed by atoms with Crippen LogP contribution in [0.4, 0.5) is 0 Å². The third-order valence-electron chi connectivity index (χ3n) is 10.2. The Balaban J connectivity index is 0. The standard InChI is InChI=1S/2C10H14.2C8H16.C8H10.2H2/c1-7-5-8(2)10(4)9(3)6-7;1-7-5-6-8(2)10(4)9(7)3;3*1-7-3-5-8(2)6-4-7;;/h2*5-6H,1-4H3;2*7-8H,3-6H2,1-2H3;3-6H,1-2H3;2*1H/i;;;;;1+1;. The lowest BCUT2D eigenvalue weighted by molar-refractivity contribution is 0.308. The highest BCUT2D eigenvalue weighted by molar-refractivity contribution is 5.38. The summed E-state index contributed by atoms with van der Waals surface area (Å²) < 4.78 is 0. The fourth-order valence-electron chi connectivity index (χ4n) is 5.83. The Morgan fingerprint density at radius 2 is 0.614 bits per heavy atom. The molecule has 2 fully saturated rings. The van der Waals surface area contributed by atoms with Crippen molar-refractivity contribution < 1.29 is 2.85 Å². The van der Waals surface area contributed by atoms with Crippen LogP contribution in [0.25, 0.3) is 0 Å². The van der Waals surface area contributed by atoms with E-state index < -0.39 is 0 Å². The molecule has 2 aliphatic rings. The molecule has 0 heteroatoms. The number of aryl methyl sites for hydroxylation is 7. The summed E-state index contributed by atoms with van der Waals surface area (Å²) in [6.07, 6.45) is 11.8. The molecule has 0 radical (unpaired) electrons. The van der Waals surface area contributed by atoms with Gasteiger partial charge in [-0.25, -0.2) is 0 Å². The van der Waals surface area contributed by atoms with Gasteiger partial charge in [0.25, 0.3) is 0 Å². The van der Waals surface area contributed by atoms with Crippen molar-refractivity contribution in [1.82, 2.24) is 0 Å². The first-order valence-corrected chi connectivity index (χ1v) is 17.7. The molecule has 0 atom stereocenters. The Bertz CT molecular complexity index is 1100. The first-order chi connectivity index (χ1) is 20.6. The van der Waals surface area contributed by atoms with Crippen LogP contribution in [0.5, 0.6) is 0 Å². The predicted molar refractivity (Wildman–Crippen MR) is 205 cm³/mol. The van der Waals surface area contributed by atoms with E-state index in [1.807, 2.05) is 0 Å². The fraction of sp³-hybridized carbons (Fsp3) is 0.591. The normalized spacial score (nSPS) is 20.7. The van der Waals surface area contributed by atoms with Crippen molar-refractivity contribution in [2.24, 2.45) is 23.7 Å². The summed E-state index contributed by atoms with van der Waals surface area (Å²) in [5.41, 5.74) is 13.9. The molecule has 0 heterocycles. The van der Waals surface area contributed by atoms with Gasteiger partial charge in [0.2, 0.25) is 0 Å². The molecule has 44 heavy (non-hydrogen) atoms. The zero-order chi connectivity index (χ0) is 33.4. The van der Waals surface area contributed by atoms with Crippen molar-refractivity contribution >= 4 is 0 Å². The van der Waals surface area contributed by atoms with Crippen LogP contribution >= 0.6 is 0 Å². The second-order valence-electron chi connectivity index (χ2n) is 14.9. The molecule has 0 unspecified atom stereocenters. The number of benzene rings is 3. The SMILES string of the molecule is CC1CCC(C)CC1.CC1CCC(C)CC1.Cc1cc(C)c(C)c(C)c1.Cc1ccc(C)c(C)c1C.Cc1ccc(C)cc1.[2HH].[HH]. The molecule has 0 saturated heterocycles. The summed E-state index contributed by atoms with van der Waals surface area (Å²) in [6, 6.07) is 17.3. The molecular formula is C44H74. The van der Waals surface area contributed by atoms with Crippen LogP contribution in [0, 0.1) is 92.9 Å². The second-order valence-corrected chi connectivity index (χ2v) is 14.9. The van der Waals surface area contributed by atoms with Crippen molar-refractivity contribution in [3.05, 3.63) is 104 Å². The summed E-state index contributed by atoms with van der Waals surface area (Å²) in [7, 11) is 0. The highest BCUT2D eigenvalue weighted by Crippen LogP contribution is 2.28. The van der Waals surface area contributed by atoms with Gasteiger partial charge in [0.15, 0.2) is 0 Å². The number of hydrogen-bond acceptors (Lipinski definition) is 0. The Labute approximate surface area is 278 Å². The molecule has 2 aliphatic carbocycles. The van der Waals surface area contributed by atoms with Gasteiger partial charge < -0.3 is 0 Å². The van der Waals surface area contributed by atoms with Gasteiger partial charge >= 0.3 is 0 Å². The van der Waals surface area contributed by atoms with Gasteiger partial charge in [0.05, 0.1) is 0 Å². The second kappa shape index (κ2) is 20.6. The molecule has 3 aromatic carbocycles. The van der Waals surface area contributed by atoms with E-state index in [1.165, 1.54) is 107 Å². The Hall–Kier alpha value is -2.34. The lowest BCUT2D eigenvalue weighted by Crippen LogP contribution is -2.08. The van der Waals surface area contributed by atoms with Crippen molar-refractivity contribution in [3.8, 4) is 0 Å². The Morgan fingerprint density at radius 3 is 0.864 bits per heavy atom. The molecular weight excluding hydrogens is 528 g/mol. The van der Waals surface area contributed by atoms with Gasteiger partial charge in [0.1, 0.15) is 0 Å². The van der Waals surface area contributed by atoms with Gasteiger partial charge in [-0.3, -0.25) is 0 Å². The Kier molecular flexibility index (Phi) is 18.6. The first-order valence-electron chi connectivity index (χ1n) is 17.7. The van der Waals surface area contributed by atoms with Crippen LogP contribution in [0.15, 0.2) is 48.5 Å². The molecule has 2 saturated carbocycles. The molecule has 0 N–H and O–H groups in total. The van der Waals surface area contributed by atoms with E-state index in [4.69, 9.17) is 0 Å². The van der Waals surface area contributed by atoms with Gasteiger partial charge in [0, 0.05) is 2.85 Å². The highest BCUT2D eigenvalue weighted by atomic mass is 14.2. The smallest absolute Gasteiger partial charge is 0 e. The summed E-state index contributed by atoms with van der Waals surface area (Å²) in [4.78, 5) is 0. The molecule has 3 aromatic rings. The zero-order valence-corrected chi connectivity index (χ0v) is 31.6. The van der Waals surface area contributed by atoms with Crippen LogP contribution in [0.1, 0.15) is 138 Å². The monoisotopic (exact) mass is 604 g/mol. The van der Waals surface area contributed by atoms with Crippen molar-refractivity contribution in [3.63, 3.8) is 0 Å². The minimum absolute atomic E-state index is 0. The van der Waals surface area contributed by atoms with Gasteiger partial charge in [-0.05, 0) is 132 Å². The van der Waals surface area contributed by atoms with E-state index in [9.17, 15) is 0 Å². The van der Waals surface area contributed by atoms with Crippen LogP contribution in [-0.4, -0.2) is 0 Å². The molecule has 0 amide bonds.